The van der Waals surface area contributed by atoms with Gasteiger partial charge in [-0.05, 0) is 25.0 Å². The smallest absolute Gasteiger partial charge is 0.0362 e. The van der Waals surface area contributed by atoms with E-state index in [9.17, 15) is 0 Å². The van der Waals surface area contributed by atoms with Crippen LogP contribution >= 0.6 is 0 Å². The normalized spacial score (nSPS) is 14.1. The average Bonchev–Trinajstić information content (AvgIpc) is 2.18. The zero-order valence-corrected chi connectivity index (χ0v) is 8.83. The van der Waals surface area contributed by atoms with Crippen molar-refractivity contribution in [1.29, 1.82) is 0 Å². The number of benzene rings is 1. The largest absolute Gasteiger partial charge is 0.398 e. The molecule has 1 unspecified atom stereocenters. The second-order valence-corrected chi connectivity index (χ2v) is 3.56. The van der Waals surface area contributed by atoms with Crippen LogP contribution in [0.15, 0.2) is 30.3 Å². The molecule has 0 amide bonds. The highest BCUT2D eigenvalue weighted by molar-refractivity contribution is 5.63. The molecule has 2 heteroatoms. The first-order chi connectivity index (χ1) is 6.63. The Balaban J connectivity index is 2.83. The zero-order valence-electron chi connectivity index (χ0n) is 8.83. The van der Waals surface area contributed by atoms with Gasteiger partial charge in [0.1, 0.15) is 0 Å². The fourth-order valence-corrected chi connectivity index (χ4v) is 1.19. The van der Waals surface area contributed by atoms with Crippen molar-refractivity contribution in [2.45, 2.75) is 26.3 Å². The van der Waals surface area contributed by atoms with E-state index in [2.05, 4.69) is 6.92 Å². The Hall–Kier alpha value is -1.28. The van der Waals surface area contributed by atoms with Gasteiger partial charge in [0.15, 0.2) is 0 Å². The summed E-state index contributed by atoms with van der Waals surface area (Å²) in [7, 11) is 0. The van der Waals surface area contributed by atoms with E-state index < -0.39 is 0 Å². The molecule has 0 saturated carbocycles. The topological polar surface area (TPSA) is 52.0 Å². The summed E-state index contributed by atoms with van der Waals surface area (Å²) in [4.78, 5) is 0. The Morgan fingerprint density at radius 1 is 1.36 bits per heavy atom. The molecule has 14 heavy (non-hydrogen) atoms. The van der Waals surface area contributed by atoms with Gasteiger partial charge >= 0.3 is 0 Å². The molecule has 0 heterocycles. The van der Waals surface area contributed by atoms with Crippen molar-refractivity contribution in [3.05, 3.63) is 41.5 Å². The van der Waals surface area contributed by atoms with Gasteiger partial charge in [-0.25, -0.2) is 0 Å². The van der Waals surface area contributed by atoms with Crippen LogP contribution in [0.25, 0.3) is 5.70 Å². The lowest BCUT2D eigenvalue weighted by molar-refractivity contribution is 0.783. The fourth-order valence-electron chi connectivity index (χ4n) is 1.19. The molecule has 0 aliphatic rings. The second kappa shape index (κ2) is 4.82. The van der Waals surface area contributed by atoms with Gasteiger partial charge in [0, 0.05) is 11.7 Å². The Morgan fingerprint density at radius 2 is 1.93 bits per heavy atom. The third kappa shape index (κ3) is 2.89. The number of rotatable bonds is 3. The van der Waals surface area contributed by atoms with Crippen LogP contribution in [-0.2, 0) is 0 Å². The lowest BCUT2D eigenvalue weighted by Gasteiger charge is -2.06. The maximum Gasteiger partial charge on any atom is 0.0362 e. The molecule has 0 fully saturated rings. The lowest BCUT2D eigenvalue weighted by atomic mass is 10.1. The molecule has 1 aromatic rings. The van der Waals surface area contributed by atoms with Gasteiger partial charge in [-0.2, -0.15) is 0 Å². The highest BCUT2D eigenvalue weighted by Crippen LogP contribution is 2.10. The van der Waals surface area contributed by atoms with E-state index in [1.54, 1.807) is 0 Å². The first-order valence-corrected chi connectivity index (χ1v) is 4.93. The van der Waals surface area contributed by atoms with E-state index in [4.69, 9.17) is 11.5 Å². The molecule has 1 aromatic carbocycles. The summed E-state index contributed by atoms with van der Waals surface area (Å²) >= 11 is 0. The average molecular weight is 190 g/mol. The van der Waals surface area contributed by atoms with Gasteiger partial charge in [0.2, 0.25) is 0 Å². The van der Waals surface area contributed by atoms with E-state index in [0.717, 1.165) is 17.7 Å². The van der Waals surface area contributed by atoms with Crippen molar-refractivity contribution < 1.29 is 0 Å². The molecule has 0 aliphatic heterocycles. The van der Waals surface area contributed by atoms with Crippen molar-refractivity contribution >= 4 is 5.70 Å². The SMILES string of the molecule is CCC(N)/C=C(\N)c1ccc(C)cc1. The first kappa shape index (κ1) is 10.8. The Bertz CT molecular complexity index is 312. The molecule has 0 bridgehead atoms. The third-order valence-electron chi connectivity index (χ3n) is 2.25. The molecule has 1 rings (SSSR count). The van der Waals surface area contributed by atoms with Gasteiger partial charge < -0.3 is 11.5 Å². The molecule has 0 saturated heterocycles. The van der Waals surface area contributed by atoms with Crippen LogP contribution in [0.2, 0.25) is 0 Å². The van der Waals surface area contributed by atoms with Crippen LogP contribution in [-0.4, -0.2) is 6.04 Å². The van der Waals surface area contributed by atoms with Crippen LogP contribution in [0, 0.1) is 6.92 Å². The van der Waals surface area contributed by atoms with Gasteiger partial charge in [-0.3, -0.25) is 0 Å². The molecular formula is C12H18N2. The first-order valence-electron chi connectivity index (χ1n) is 4.93. The molecule has 2 nitrogen and oxygen atoms in total. The summed E-state index contributed by atoms with van der Waals surface area (Å²) in [6, 6.07) is 8.19. The molecule has 0 spiro atoms. The minimum atomic E-state index is 0.0521. The summed E-state index contributed by atoms with van der Waals surface area (Å²) in [5.74, 6) is 0. The second-order valence-electron chi connectivity index (χ2n) is 3.56. The standard InChI is InChI=1S/C12H18N2/c1-3-11(13)8-12(14)10-6-4-9(2)5-7-10/h4-8,11H,3,13-14H2,1-2H3/b12-8-. The number of hydrogen-bond acceptors (Lipinski definition) is 2. The van der Waals surface area contributed by atoms with E-state index in [1.807, 2.05) is 37.3 Å². The van der Waals surface area contributed by atoms with Crippen LogP contribution in [0.4, 0.5) is 0 Å². The zero-order chi connectivity index (χ0) is 10.6. The van der Waals surface area contributed by atoms with Gasteiger partial charge in [-0.1, -0.05) is 36.8 Å². The van der Waals surface area contributed by atoms with Crippen molar-refractivity contribution in [2.75, 3.05) is 0 Å². The molecule has 0 radical (unpaired) electrons. The summed E-state index contributed by atoms with van der Waals surface area (Å²) in [5.41, 5.74) is 14.7. The van der Waals surface area contributed by atoms with Crippen molar-refractivity contribution in [3.8, 4) is 0 Å². The molecule has 4 N–H and O–H groups in total. The molecule has 1 atom stereocenters. The maximum atomic E-state index is 5.90. The molecular weight excluding hydrogens is 172 g/mol. The van der Waals surface area contributed by atoms with Crippen molar-refractivity contribution in [1.82, 2.24) is 0 Å². The quantitative estimate of drug-likeness (QED) is 0.766. The van der Waals surface area contributed by atoms with Crippen molar-refractivity contribution in [3.63, 3.8) is 0 Å². The van der Waals surface area contributed by atoms with E-state index in [1.165, 1.54) is 5.56 Å². The van der Waals surface area contributed by atoms with Gasteiger partial charge in [0.25, 0.3) is 0 Å². The van der Waals surface area contributed by atoms with Crippen LogP contribution in [0.5, 0.6) is 0 Å². The van der Waals surface area contributed by atoms with Crippen LogP contribution in [0.3, 0.4) is 0 Å². The van der Waals surface area contributed by atoms with E-state index >= 15 is 0 Å². The van der Waals surface area contributed by atoms with Gasteiger partial charge in [0.05, 0.1) is 0 Å². The minimum absolute atomic E-state index is 0.0521. The maximum absolute atomic E-state index is 5.90. The predicted molar refractivity (Wildman–Crippen MR) is 61.6 cm³/mol. The Labute approximate surface area is 85.6 Å². The monoisotopic (exact) mass is 190 g/mol. The third-order valence-corrected chi connectivity index (χ3v) is 2.25. The molecule has 0 aromatic heterocycles. The minimum Gasteiger partial charge on any atom is -0.398 e. The number of nitrogens with two attached hydrogens (primary N) is 2. The van der Waals surface area contributed by atoms with Crippen molar-refractivity contribution in [2.24, 2.45) is 11.5 Å². The highest BCUT2D eigenvalue weighted by Gasteiger charge is 1.99. The Kier molecular flexibility index (Phi) is 3.72. The number of hydrogen-bond donors (Lipinski definition) is 2. The van der Waals surface area contributed by atoms with Gasteiger partial charge in [-0.15, -0.1) is 0 Å². The summed E-state index contributed by atoms with van der Waals surface area (Å²) in [6.07, 6.45) is 2.82. The summed E-state index contributed by atoms with van der Waals surface area (Å²) in [5, 5.41) is 0. The Morgan fingerprint density at radius 3 is 2.43 bits per heavy atom. The summed E-state index contributed by atoms with van der Waals surface area (Å²) in [6.45, 7) is 4.10. The fraction of sp³-hybridized carbons (Fsp3) is 0.333. The predicted octanol–water partition coefficient (Wildman–Crippen LogP) is 2.03. The van der Waals surface area contributed by atoms with E-state index in [-0.39, 0.29) is 6.04 Å². The summed E-state index contributed by atoms with van der Waals surface area (Å²) < 4.78 is 0. The lowest BCUT2D eigenvalue weighted by Crippen LogP contribution is -2.17. The van der Waals surface area contributed by atoms with E-state index in [0.29, 0.717) is 0 Å². The van der Waals surface area contributed by atoms with Crippen LogP contribution < -0.4 is 11.5 Å². The molecule has 76 valence electrons. The number of aryl methyl sites for hydroxylation is 1. The molecule has 0 aliphatic carbocycles. The van der Waals surface area contributed by atoms with Crippen LogP contribution in [0.1, 0.15) is 24.5 Å². The highest BCUT2D eigenvalue weighted by atomic mass is 14.6.